The second kappa shape index (κ2) is 7.71. The van der Waals surface area contributed by atoms with Crippen LogP contribution in [0.2, 0.25) is 0 Å². The van der Waals surface area contributed by atoms with Crippen LogP contribution in [-0.2, 0) is 0 Å². The molecule has 1 aromatic heterocycles. The molecule has 1 heterocycles. The van der Waals surface area contributed by atoms with Crippen molar-refractivity contribution in [2.75, 3.05) is 18.6 Å². The highest BCUT2D eigenvalue weighted by atomic mass is 32.2. The fourth-order valence-corrected chi connectivity index (χ4v) is 1.93. The summed E-state index contributed by atoms with van der Waals surface area (Å²) in [6.07, 6.45) is 8.46. The van der Waals surface area contributed by atoms with Gasteiger partial charge < -0.3 is 5.32 Å². The Balaban J connectivity index is 2.16. The number of nitrogens with one attached hydrogen (secondary N) is 1. The van der Waals surface area contributed by atoms with E-state index in [1.807, 2.05) is 30.2 Å². The quantitative estimate of drug-likeness (QED) is 0.721. The van der Waals surface area contributed by atoms with E-state index in [-0.39, 0.29) is 0 Å². The Labute approximate surface area is 96.9 Å². The van der Waals surface area contributed by atoms with Gasteiger partial charge in [0.25, 0.3) is 0 Å². The highest BCUT2D eigenvalue weighted by Crippen LogP contribution is 2.09. The number of hydrogen-bond donors (Lipinski definition) is 1. The molecule has 1 N–H and O–H groups in total. The lowest BCUT2D eigenvalue weighted by atomic mass is 10.1. The summed E-state index contributed by atoms with van der Waals surface area (Å²) in [5.41, 5.74) is 1.27. The van der Waals surface area contributed by atoms with E-state index < -0.39 is 0 Å². The van der Waals surface area contributed by atoms with Gasteiger partial charge in [0.05, 0.1) is 0 Å². The molecule has 0 bridgehead atoms. The van der Waals surface area contributed by atoms with Gasteiger partial charge in [-0.15, -0.1) is 0 Å². The third-order valence-electron chi connectivity index (χ3n) is 2.41. The average molecular weight is 224 g/mol. The Hall–Kier alpha value is -0.540. The van der Waals surface area contributed by atoms with Crippen LogP contribution in [0.15, 0.2) is 24.5 Å². The number of thioether (sulfide) groups is 1. The Bertz CT molecular complexity index is 251. The third-order valence-corrected chi connectivity index (χ3v) is 3.11. The fraction of sp³-hybridized carbons (Fsp3) is 0.583. The molecule has 3 heteroatoms. The third kappa shape index (κ3) is 5.19. The van der Waals surface area contributed by atoms with Gasteiger partial charge in [0.1, 0.15) is 0 Å². The molecule has 1 rings (SSSR count). The maximum Gasteiger partial charge on any atom is 0.0315 e. The first kappa shape index (κ1) is 12.5. The van der Waals surface area contributed by atoms with E-state index in [0.29, 0.717) is 6.04 Å². The SMILES string of the molecule is CSCCCCN[C@H](C)c1cccnc1. The van der Waals surface area contributed by atoms with Gasteiger partial charge in [-0.05, 0) is 49.9 Å². The van der Waals surface area contributed by atoms with E-state index in [0.717, 1.165) is 6.54 Å². The first-order chi connectivity index (χ1) is 7.34. The second-order valence-electron chi connectivity index (χ2n) is 3.66. The minimum Gasteiger partial charge on any atom is -0.310 e. The predicted octanol–water partition coefficient (Wildman–Crippen LogP) is 2.88. The minimum absolute atomic E-state index is 0.410. The molecule has 1 atom stereocenters. The second-order valence-corrected chi connectivity index (χ2v) is 4.65. The monoisotopic (exact) mass is 224 g/mol. The summed E-state index contributed by atoms with van der Waals surface area (Å²) < 4.78 is 0. The molecule has 0 aliphatic carbocycles. The molecular weight excluding hydrogens is 204 g/mol. The van der Waals surface area contributed by atoms with Crippen LogP contribution in [0.5, 0.6) is 0 Å². The molecule has 0 aliphatic rings. The van der Waals surface area contributed by atoms with Crippen molar-refractivity contribution in [3.63, 3.8) is 0 Å². The largest absolute Gasteiger partial charge is 0.310 e. The summed E-state index contributed by atoms with van der Waals surface area (Å²) in [5, 5.41) is 3.51. The molecule has 1 aromatic rings. The van der Waals surface area contributed by atoms with E-state index in [9.17, 15) is 0 Å². The van der Waals surface area contributed by atoms with Crippen LogP contribution in [0, 0.1) is 0 Å². The fourth-order valence-electron chi connectivity index (χ4n) is 1.44. The standard InChI is InChI=1S/C12H20N2S/c1-11(12-6-5-7-13-10-12)14-8-3-4-9-15-2/h5-7,10-11,14H,3-4,8-9H2,1-2H3/t11-/m1/s1. The number of hydrogen-bond acceptors (Lipinski definition) is 3. The minimum atomic E-state index is 0.410. The highest BCUT2D eigenvalue weighted by molar-refractivity contribution is 7.98. The van der Waals surface area contributed by atoms with Crippen molar-refractivity contribution in [1.82, 2.24) is 10.3 Å². The molecule has 0 fully saturated rings. The zero-order valence-corrected chi connectivity index (χ0v) is 10.4. The molecule has 0 amide bonds. The Morgan fingerprint density at radius 2 is 2.33 bits per heavy atom. The maximum atomic E-state index is 4.12. The smallest absolute Gasteiger partial charge is 0.0315 e. The predicted molar refractivity (Wildman–Crippen MR) is 68.3 cm³/mol. The summed E-state index contributed by atoms with van der Waals surface area (Å²) in [6.45, 7) is 3.28. The van der Waals surface area contributed by atoms with E-state index >= 15 is 0 Å². The molecule has 84 valence electrons. The van der Waals surface area contributed by atoms with Crippen molar-refractivity contribution in [3.8, 4) is 0 Å². The molecule has 0 spiro atoms. The molecule has 0 saturated heterocycles. The van der Waals surface area contributed by atoms with Crippen LogP contribution < -0.4 is 5.32 Å². The van der Waals surface area contributed by atoms with Crippen LogP contribution >= 0.6 is 11.8 Å². The van der Waals surface area contributed by atoms with Gasteiger partial charge >= 0.3 is 0 Å². The summed E-state index contributed by atoms with van der Waals surface area (Å²) >= 11 is 1.92. The summed E-state index contributed by atoms with van der Waals surface area (Å²) in [5.74, 6) is 1.27. The van der Waals surface area contributed by atoms with Gasteiger partial charge in [-0.2, -0.15) is 11.8 Å². The zero-order valence-electron chi connectivity index (χ0n) is 9.57. The molecule has 0 aliphatic heterocycles. The first-order valence-corrected chi connectivity index (χ1v) is 6.86. The number of pyridine rings is 1. The van der Waals surface area contributed by atoms with E-state index in [1.54, 1.807) is 0 Å². The molecular formula is C12H20N2S. The van der Waals surface area contributed by atoms with Crippen LogP contribution in [0.25, 0.3) is 0 Å². The first-order valence-electron chi connectivity index (χ1n) is 5.47. The van der Waals surface area contributed by atoms with Gasteiger partial charge in [0.15, 0.2) is 0 Å². The number of aromatic nitrogens is 1. The van der Waals surface area contributed by atoms with Crippen molar-refractivity contribution in [2.45, 2.75) is 25.8 Å². The van der Waals surface area contributed by atoms with Crippen LogP contribution in [0.4, 0.5) is 0 Å². The summed E-state index contributed by atoms with van der Waals surface area (Å²) in [7, 11) is 0. The van der Waals surface area contributed by atoms with E-state index in [1.165, 1.54) is 24.2 Å². The van der Waals surface area contributed by atoms with Crippen molar-refractivity contribution in [2.24, 2.45) is 0 Å². The van der Waals surface area contributed by atoms with Crippen molar-refractivity contribution in [1.29, 1.82) is 0 Å². The average Bonchev–Trinajstić information content (AvgIpc) is 2.30. The van der Waals surface area contributed by atoms with Crippen LogP contribution in [-0.4, -0.2) is 23.5 Å². The molecule has 0 radical (unpaired) electrons. The molecule has 2 nitrogen and oxygen atoms in total. The lowest BCUT2D eigenvalue weighted by Gasteiger charge is -2.13. The topological polar surface area (TPSA) is 24.9 Å². The summed E-state index contributed by atoms with van der Waals surface area (Å²) in [6, 6.07) is 4.52. The van der Waals surface area contributed by atoms with E-state index in [4.69, 9.17) is 0 Å². The summed E-state index contributed by atoms with van der Waals surface area (Å²) in [4.78, 5) is 4.12. The lowest BCUT2D eigenvalue weighted by Crippen LogP contribution is -2.20. The number of nitrogens with zero attached hydrogens (tertiary/aromatic N) is 1. The van der Waals surface area contributed by atoms with Crippen LogP contribution in [0.1, 0.15) is 31.4 Å². The van der Waals surface area contributed by atoms with Crippen LogP contribution in [0.3, 0.4) is 0 Å². The molecule has 0 aromatic carbocycles. The zero-order chi connectivity index (χ0) is 10.9. The van der Waals surface area contributed by atoms with Gasteiger partial charge in [-0.25, -0.2) is 0 Å². The normalized spacial score (nSPS) is 12.7. The number of unbranched alkanes of at least 4 members (excludes halogenated alkanes) is 1. The van der Waals surface area contributed by atoms with Gasteiger partial charge in [-0.1, -0.05) is 6.07 Å². The molecule has 15 heavy (non-hydrogen) atoms. The van der Waals surface area contributed by atoms with Crippen molar-refractivity contribution >= 4 is 11.8 Å². The Morgan fingerprint density at radius 1 is 1.47 bits per heavy atom. The Morgan fingerprint density at radius 3 is 3.00 bits per heavy atom. The molecule has 0 saturated carbocycles. The Kier molecular flexibility index (Phi) is 6.44. The van der Waals surface area contributed by atoms with Gasteiger partial charge in [0, 0.05) is 18.4 Å². The van der Waals surface area contributed by atoms with Gasteiger partial charge in [0.2, 0.25) is 0 Å². The van der Waals surface area contributed by atoms with Gasteiger partial charge in [-0.3, -0.25) is 4.98 Å². The lowest BCUT2D eigenvalue weighted by molar-refractivity contribution is 0.554. The number of rotatable bonds is 7. The van der Waals surface area contributed by atoms with Crippen molar-refractivity contribution in [3.05, 3.63) is 30.1 Å². The highest BCUT2D eigenvalue weighted by Gasteiger charge is 2.02. The maximum absolute atomic E-state index is 4.12. The van der Waals surface area contributed by atoms with E-state index in [2.05, 4.69) is 29.5 Å². The molecule has 0 unspecified atom stereocenters. The van der Waals surface area contributed by atoms with Crippen molar-refractivity contribution < 1.29 is 0 Å².